The van der Waals surface area contributed by atoms with Crippen LogP contribution in [0.1, 0.15) is 64.7 Å². The minimum Gasteiger partial charge on any atom is -0.391 e. The van der Waals surface area contributed by atoms with E-state index in [0.29, 0.717) is 40.6 Å². The van der Waals surface area contributed by atoms with Gasteiger partial charge in [0.1, 0.15) is 5.69 Å². The molecule has 0 spiro atoms. The van der Waals surface area contributed by atoms with Crippen LogP contribution in [0.15, 0.2) is 41.2 Å². The van der Waals surface area contributed by atoms with Crippen LogP contribution in [0, 0.1) is 6.92 Å². The number of hydrogen-bond donors (Lipinski definition) is 2. The zero-order valence-corrected chi connectivity index (χ0v) is 19.4. The van der Waals surface area contributed by atoms with Crippen LogP contribution in [0.5, 0.6) is 0 Å². The van der Waals surface area contributed by atoms with Crippen molar-refractivity contribution in [3.05, 3.63) is 69.3 Å². The maximum atomic E-state index is 13.6. The van der Waals surface area contributed by atoms with Gasteiger partial charge in [0, 0.05) is 18.3 Å². The van der Waals surface area contributed by atoms with Crippen LogP contribution in [-0.4, -0.2) is 38.1 Å². The normalized spacial score (nSPS) is 18.4. The Bertz CT molecular complexity index is 1260. The van der Waals surface area contributed by atoms with Gasteiger partial charge in [-0.3, -0.25) is 14.4 Å². The van der Waals surface area contributed by atoms with Gasteiger partial charge in [-0.2, -0.15) is 0 Å². The standard InChI is InChI=1S/C26H31N3O4/c1-4-18-14-20-23(26(33)29(18)15-22(31)17-10-6-5-7-11-17)16(2)24(28(20)3)25(32)27-19-12-8-9-13-21(19)30/h5-7,10-11,14,19,21,30H,4,8-9,12-13,15H2,1-3H3,(H,27,32)/t19-,21+/m0/s1. The van der Waals surface area contributed by atoms with Crippen molar-refractivity contribution < 1.29 is 14.7 Å². The van der Waals surface area contributed by atoms with Gasteiger partial charge in [0.15, 0.2) is 5.78 Å². The molecule has 3 aromatic rings. The molecule has 7 nitrogen and oxygen atoms in total. The molecule has 2 N–H and O–H groups in total. The van der Waals surface area contributed by atoms with Gasteiger partial charge in [0.05, 0.1) is 29.6 Å². The smallest absolute Gasteiger partial charge is 0.268 e. The molecule has 1 amide bonds. The number of carbonyl (C=O) groups excluding carboxylic acids is 2. The van der Waals surface area contributed by atoms with Crippen LogP contribution in [-0.2, 0) is 20.0 Å². The Morgan fingerprint density at radius 3 is 2.52 bits per heavy atom. The molecule has 2 heterocycles. The molecule has 2 atom stereocenters. The molecular formula is C26H31N3O4. The van der Waals surface area contributed by atoms with E-state index in [4.69, 9.17) is 0 Å². The third-order valence-electron chi connectivity index (χ3n) is 6.81. The van der Waals surface area contributed by atoms with E-state index in [1.54, 1.807) is 42.8 Å². The number of Topliss-reactive ketones (excluding diaryl/α,β-unsaturated/α-hetero) is 1. The number of fused-ring (bicyclic) bond motifs is 1. The SMILES string of the molecule is CCc1cc2c(c(C)c(C(=O)N[C@H]3CCCC[C@H]3O)n2C)c(=O)n1CC(=O)c1ccccc1. The molecule has 33 heavy (non-hydrogen) atoms. The highest BCUT2D eigenvalue weighted by Gasteiger charge is 2.28. The van der Waals surface area contributed by atoms with Crippen molar-refractivity contribution in [1.82, 2.24) is 14.5 Å². The van der Waals surface area contributed by atoms with E-state index in [9.17, 15) is 19.5 Å². The first-order chi connectivity index (χ1) is 15.8. The van der Waals surface area contributed by atoms with Crippen LogP contribution >= 0.6 is 0 Å². The summed E-state index contributed by atoms with van der Waals surface area (Å²) in [5.74, 6) is -0.425. The zero-order chi connectivity index (χ0) is 23.7. The Labute approximate surface area is 193 Å². The highest BCUT2D eigenvalue weighted by atomic mass is 16.3. The fraction of sp³-hybridized carbons (Fsp3) is 0.423. The van der Waals surface area contributed by atoms with Crippen LogP contribution in [0.4, 0.5) is 0 Å². The molecule has 7 heteroatoms. The molecule has 2 aromatic heterocycles. The van der Waals surface area contributed by atoms with E-state index in [-0.39, 0.29) is 29.8 Å². The summed E-state index contributed by atoms with van der Waals surface area (Å²) in [7, 11) is 1.78. The molecule has 0 unspecified atom stereocenters. The first-order valence-corrected chi connectivity index (χ1v) is 11.6. The predicted molar refractivity (Wildman–Crippen MR) is 128 cm³/mol. The number of hydrogen-bond acceptors (Lipinski definition) is 4. The largest absolute Gasteiger partial charge is 0.391 e. The third kappa shape index (κ3) is 4.25. The lowest BCUT2D eigenvalue weighted by molar-refractivity contribution is 0.0711. The lowest BCUT2D eigenvalue weighted by Gasteiger charge is -2.28. The number of ketones is 1. The first-order valence-electron chi connectivity index (χ1n) is 11.6. The minimum atomic E-state index is -0.550. The van der Waals surface area contributed by atoms with E-state index in [0.717, 1.165) is 25.0 Å². The summed E-state index contributed by atoms with van der Waals surface area (Å²) in [6, 6.07) is 10.5. The van der Waals surface area contributed by atoms with Crippen LogP contribution in [0.2, 0.25) is 0 Å². The van der Waals surface area contributed by atoms with Gasteiger partial charge in [-0.25, -0.2) is 0 Å². The Morgan fingerprint density at radius 1 is 1.15 bits per heavy atom. The summed E-state index contributed by atoms with van der Waals surface area (Å²) in [5, 5.41) is 13.7. The second-order valence-corrected chi connectivity index (χ2v) is 8.89. The minimum absolute atomic E-state index is 0.0495. The van der Waals surface area contributed by atoms with Gasteiger partial charge < -0.3 is 19.6 Å². The van der Waals surface area contributed by atoms with Gasteiger partial charge in [-0.1, -0.05) is 50.1 Å². The maximum Gasteiger partial charge on any atom is 0.268 e. The van der Waals surface area contributed by atoms with E-state index in [1.165, 1.54) is 4.57 Å². The number of aliphatic hydroxyl groups is 1. The highest BCUT2D eigenvalue weighted by Crippen LogP contribution is 2.25. The van der Waals surface area contributed by atoms with Gasteiger partial charge in [0.2, 0.25) is 0 Å². The third-order valence-corrected chi connectivity index (χ3v) is 6.81. The molecule has 1 aliphatic rings. The number of benzene rings is 1. The molecule has 0 aliphatic heterocycles. The lowest BCUT2D eigenvalue weighted by atomic mass is 9.92. The van der Waals surface area contributed by atoms with E-state index >= 15 is 0 Å². The maximum absolute atomic E-state index is 13.6. The van der Waals surface area contributed by atoms with Crippen LogP contribution in [0.3, 0.4) is 0 Å². The van der Waals surface area contributed by atoms with Crippen LogP contribution in [0.25, 0.3) is 10.9 Å². The Hall–Kier alpha value is -3.19. The predicted octanol–water partition coefficient (Wildman–Crippen LogP) is 3.13. The van der Waals surface area contributed by atoms with E-state index in [2.05, 4.69) is 5.32 Å². The number of nitrogens with one attached hydrogen (secondary N) is 1. The first kappa shape index (κ1) is 23.0. The number of aryl methyl sites for hydroxylation is 3. The average molecular weight is 450 g/mol. The Kier molecular flexibility index (Phi) is 6.51. The zero-order valence-electron chi connectivity index (χ0n) is 19.4. The second kappa shape index (κ2) is 9.35. The fourth-order valence-electron chi connectivity index (χ4n) is 4.95. The molecule has 174 valence electrons. The molecule has 4 rings (SSSR count). The number of nitrogens with zero attached hydrogens (tertiary/aromatic N) is 2. The van der Waals surface area contributed by atoms with E-state index < -0.39 is 6.10 Å². The van der Waals surface area contributed by atoms with Crippen molar-refractivity contribution in [2.75, 3.05) is 0 Å². The van der Waals surface area contributed by atoms with Gasteiger partial charge in [-0.05, 0) is 37.8 Å². The number of aromatic nitrogens is 2. The number of pyridine rings is 1. The topological polar surface area (TPSA) is 93.3 Å². The summed E-state index contributed by atoms with van der Waals surface area (Å²) < 4.78 is 3.27. The van der Waals surface area contributed by atoms with Crippen molar-refractivity contribution in [2.24, 2.45) is 7.05 Å². The second-order valence-electron chi connectivity index (χ2n) is 8.89. The average Bonchev–Trinajstić information content (AvgIpc) is 3.07. The number of carbonyl (C=O) groups is 2. The molecule has 0 saturated heterocycles. The van der Waals surface area contributed by atoms with Gasteiger partial charge in [0.25, 0.3) is 11.5 Å². The van der Waals surface area contributed by atoms with E-state index in [1.807, 2.05) is 19.1 Å². The van der Waals surface area contributed by atoms with Gasteiger partial charge >= 0.3 is 0 Å². The molecule has 1 saturated carbocycles. The Balaban J connectivity index is 1.75. The summed E-state index contributed by atoms with van der Waals surface area (Å²) >= 11 is 0. The van der Waals surface area contributed by atoms with Crippen molar-refractivity contribution in [3.63, 3.8) is 0 Å². The quantitative estimate of drug-likeness (QED) is 0.566. The molecule has 1 fully saturated rings. The molecular weight excluding hydrogens is 418 g/mol. The van der Waals surface area contributed by atoms with Crippen molar-refractivity contribution in [2.45, 2.75) is 64.6 Å². The fourth-order valence-corrected chi connectivity index (χ4v) is 4.95. The summed E-state index contributed by atoms with van der Waals surface area (Å²) in [6.45, 7) is 3.66. The number of amides is 1. The van der Waals surface area contributed by atoms with Crippen molar-refractivity contribution in [3.8, 4) is 0 Å². The summed E-state index contributed by atoms with van der Waals surface area (Å²) in [5.41, 5.74) is 2.71. The molecule has 0 radical (unpaired) electrons. The highest BCUT2D eigenvalue weighted by molar-refractivity contribution is 6.02. The van der Waals surface area contributed by atoms with Crippen LogP contribution < -0.4 is 10.9 Å². The Morgan fingerprint density at radius 2 is 1.85 bits per heavy atom. The molecule has 1 aromatic carbocycles. The number of rotatable bonds is 6. The van der Waals surface area contributed by atoms with Gasteiger partial charge in [-0.15, -0.1) is 0 Å². The van der Waals surface area contributed by atoms with Crippen molar-refractivity contribution in [1.29, 1.82) is 0 Å². The summed E-state index contributed by atoms with van der Waals surface area (Å²) in [4.78, 5) is 39.6. The molecule has 1 aliphatic carbocycles. The number of aliphatic hydroxyl groups excluding tert-OH is 1. The monoisotopic (exact) mass is 449 g/mol. The lowest BCUT2D eigenvalue weighted by Crippen LogP contribution is -2.45. The summed E-state index contributed by atoms with van der Waals surface area (Å²) in [6.07, 6.45) is 3.37. The van der Waals surface area contributed by atoms with Crippen molar-refractivity contribution >= 4 is 22.6 Å². The molecule has 0 bridgehead atoms.